The molecular formula is C23H26FN3O2. The topological polar surface area (TPSA) is 41.7 Å². The molecule has 0 aliphatic carbocycles. The zero-order chi connectivity index (χ0) is 20.2. The highest BCUT2D eigenvalue weighted by Gasteiger charge is 2.21. The highest BCUT2D eigenvalue weighted by atomic mass is 19.1. The molecule has 0 spiro atoms. The van der Waals surface area contributed by atoms with Crippen molar-refractivity contribution in [3.8, 4) is 17.1 Å². The maximum atomic E-state index is 13.2. The fourth-order valence-electron chi connectivity index (χ4n) is 3.69. The molecule has 0 bridgehead atoms. The van der Waals surface area contributed by atoms with Gasteiger partial charge in [0.1, 0.15) is 17.3 Å². The predicted octanol–water partition coefficient (Wildman–Crippen LogP) is 4.12. The molecule has 1 aliphatic heterocycles. The Morgan fingerprint density at radius 2 is 1.55 bits per heavy atom. The zero-order valence-corrected chi connectivity index (χ0v) is 16.9. The van der Waals surface area contributed by atoms with Gasteiger partial charge in [-0.05, 0) is 48.9 Å². The van der Waals surface area contributed by atoms with Crippen molar-refractivity contribution in [2.75, 3.05) is 33.3 Å². The molecule has 1 aromatic heterocycles. The minimum atomic E-state index is -0.251. The maximum absolute atomic E-state index is 13.2. The van der Waals surface area contributed by atoms with Crippen LogP contribution in [0.5, 0.6) is 5.75 Å². The summed E-state index contributed by atoms with van der Waals surface area (Å²) in [6, 6.07) is 14.6. The van der Waals surface area contributed by atoms with Gasteiger partial charge in [-0.15, -0.1) is 0 Å². The quantitative estimate of drug-likeness (QED) is 0.628. The van der Waals surface area contributed by atoms with Gasteiger partial charge in [0.15, 0.2) is 5.76 Å². The first-order valence-electron chi connectivity index (χ1n) is 9.91. The first-order chi connectivity index (χ1) is 14.1. The third kappa shape index (κ3) is 4.66. The lowest BCUT2D eigenvalue weighted by Crippen LogP contribution is -2.45. The van der Waals surface area contributed by atoms with Gasteiger partial charge in [0.25, 0.3) is 0 Å². The summed E-state index contributed by atoms with van der Waals surface area (Å²) in [5, 5.41) is 4.28. The van der Waals surface area contributed by atoms with Crippen LogP contribution < -0.4 is 4.74 Å². The molecule has 3 aromatic rings. The Morgan fingerprint density at radius 1 is 0.931 bits per heavy atom. The minimum Gasteiger partial charge on any atom is -0.497 e. The summed E-state index contributed by atoms with van der Waals surface area (Å²) in [6.07, 6.45) is 0. The molecule has 6 heteroatoms. The van der Waals surface area contributed by atoms with Crippen LogP contribution in [-0.4, -0.2) is 48.2 Å². The summed E-state index contributed by atoms with van der Waals surface area (Å²) in [4.78, 5) is 4.88. The lowest BCUT2D eigenvalue weighted by molar-refractivity contribution is 0.120. The molecular weight excluding hydrogens is 369 g/mol. The summed E-state index contributed by atoms with van der Waals surface area (Å²) < 4.78 is 23.9. The van der Waals surface area contributed by atoms with Gasteiger partial charge in [-0.25, -0.2) is 4.39 Å². The first kappa shape index (κ1) is 19.6. The largest absolute Gasteiger partial charge is 0.497 e. The van der Waals surface area contributed by atoms with Crippen molar-refractivity contribution in [3.63, 3.8) is 0 Å². The van der Waals surface area contributed by atoms with Crippen molar-refractivity contribution < 1.29 is 13.7 Å². The lowest BCUT2D eigenvalue weighted by Gasteiger charge is -2.34. The average Bonchev–Trinajstić information content (AvgIpc) is 3.11. The molecule has 0 saturated carbocycles. The van der Waals surface area contributed by atoms with Crippen molar-refractivity contribution in [2.45, 2.75) is 20.0 Å². The number of piperazine rings is 1. The van der Waals surface area contributed by atoms with Crippen LogP contribution in [0.4, 0.5) is 4.39 Å². The minimum absolute atomic E-state index is 0.251. The molecule has 29 heavy (non-hydrogen) atoms. The van der Waals surface area contributed by atoms with Crippen molar-refractivity contribution in [1.29, 1.82) is 0 Å². The van der Waals surface area contributed by atoms with Gasteiger partial charge in [0, 0.05) is 50.4 Å². The molecule has 2 aromatic carbocycles. The number of aromatic nitrogens is 1. The third-order valence-electron chi connectivity index (χ3n) is 5.53. The van der Waals surface area contributed by atoms with Gasteiger partial charge in [-0.2, -0.15) is 0 Å². The van der Waals surface area contributed by atoms with Gasteiger partial charge in [0.2, 0.25) is 0 Å². The van der Waals surface area contributed by atoms with Crippen molar-refractivity contribution >= 4 is 0 Å². The zero-order valence-electron chi connectivity index (χ0n) is 16.9. The molecule has 1 fully saturated rings. The fourth-order valence-corrected chi connectivity index (χ4v) is 3.69. The van der Waals surface area contributed by atoms with Gasteiger partial charge in [-0.3, -0.25) is 9.80 Å². The summed E-state index contributed by atoms with van der Waals surface area (Å²) in [5.41, 5.74) is 4.13. The molecule has 5 nitrogen and oxygen atoms in total. The van der Waals surface area contributed by atoms with E-state index >= 15 is 0 Å². The average molecular weight is 395 g/mol. The van der Waals surface area contributed by atoms with Crippen LogP contribution in [0.1, 0.15) is 16.8 Å². The van der Waals surface area contributed by atoms with Gasteiger partial charge in [0.05, 0.1) is 7.11 Å². The van der Waals surface area contributed by atoms with Crippen molar-refractivity contribution in [3.05, 3.63) is 71.2 Å². The number of benzene rings is 2. The molecule has 0 N–H and O–H groups in total. The number of hydrogen-bond donors (Lipinski definition) is 0. The van der Waals surface area contributed by atoms with Crippen LogP contribution in [0.2, 0.25) is 0 Å². The molecule has 1 aliphatic rings. The van der Waals surface area contributed by atoms with Crippen LogP contribution in [-0.2, 0) is 13.1 Å². The van der Waals surface area contributed by atoms with Crippen LogP contribution in [0, 0.1) is 12.7 Å². The van der Waals surface area contributed by atoms with Crippen LogP contribution in [0.15, 0.2) is 53.1 Å². The molecule has 4 rings (SSSR count). The standard InChI is InChI=1S/C23H26FN3O2/c1-17-22(25-29-23(17)19-5-7-20(24)8-6-19)16-27-13-11-26(12-14-27)15-18-3-9-21(28-2)10-4-18/h3-10H,11-16H2,1-2H3. The molecule has 2 heterocycles. The van der Waals surface area contributed by atoms with Gasteiger partial charge < -0.3 is 9.26 Å². The van der Waals surface area contributed by atoms with E-state index in [2.05, 4.69) is 27.1 Å². The monoisotopic (exact) mass is 395 g/mol. The number of rotatable bonds is 6. The third-order valence-corrected chi connectivity index (χ3v) is 5.53. The number of hydrogen-bond acceptors (Lipinski definition) is 5. The Labute approximate surface area is 170 Å². The normalized spacial score (nSPS) is 15.6. The Balaban J connectivity index is 1.32. The highest BCUT2D eigenvalue weighted by molar-refractivity contribution is 5.61. The van der Waals surface area contributed by atoms with Gasteiger partial charge in [-0.1, -0.05) is 17.3 Å². The summed E-state index contributed by atoms with van der Waals surface area (Å²) in [6.45, 7) is 7.77. The van der Waals surface area contributed by atoms with E-state index in [9.17, 15) is 4.39 Å². The maximum Gasteiger partial charge on any atom is 0.170 e. The lowest BCUT2D eigenvalue weighted by atomic mass is 10.1. The van der Waals surface area contributed by atoms with E-state index in [1.54, 1.807) is 19.2 Å². The Bertz CT molecular complexity index is 930. The molecule has 152 valence electrons. The molecule has 0 radical (unpaired) electrons. The fraction of sp³-hybridized carbons (Fsp3) is 0.348. The van der Waals surface area contributed by atoms with E-state index in [0.717, 1.165) is 67.6 Å². The van der Waals surface area contributed by atoms with Crippen molar-refractivity contribution in [1.82, 2.24) is 15.0 Å². The summed E-state index contributed by atoms with van der Waals surface area (Å²) in [5.74, 6) is 1.36. The number of nitrogens with zero attached hydrogens (tertiary/aromatic N) is 3. The second-order valence-corrected chi connectivity index (χ2v) is 7.49. The summed E-state index contributed by atoms with van der Waals surface area (Å²) >= 11 is 0. The number of methoxy groups -OCH3 is 1. The van der Waals surface area contributed by atoms with E-state index in [-0.39, 0.29) is 5.82 Å². The van der Waals surface area contributed by atoms with E-state index < -0.39 is 0 Å². The first-order valence-corrected chi connectivity index (χ1v) is 9.91. The van der Waals surface area contributed by atoms with E-state index in [4.69, 9.17) is 9.26 Å². The molecule has 0 unspecified atom stereocenters. The van der Waals surface area contributed by atoms with Crippen LogP contribution >= 0.6 is 0 Å². The Morgan fingerprint density at radius 3 is 2.17 bits per heavy atom. The predicted molar refractivity (Wildman–Crippen MR) is 110 cm³/mol. The van der Waals surface area contributed by atoms with Crippen molar-refractivity contribution in [2.24, 2.45) is 0 Å². The Kier molecular flexibility index (Phi) is 5.92. The number of halogens is 1. The summed E-state index contributed by atoms with van der Waals surface area (Å²) in [7, 11) is 1.69. The molecule has 1 saturated heterocycles. The SMILES string of the molecule is COc1ccc(CN2CCN(Cc3noc(-c4ccc(F)cc4)c3C)CC2)cc1. The smallest absolute Gasteiger partial charge is 0.170 e. The second-order valence-electron chi connectivity index (χ2n) is 7.49. The van der Waals surface area contributed by atoms with Gasteiger partial charge >= 0.3 is 0 Å². The highest BCUT2D eigenvalue weighted by Crippen LogP contribution is 2.27. The Hall–Kier alpha value is -2.70. The van der Waals surface area contributed by atoms with E-state index in [0.29, 0.717) is 0 Å². The van der Waals surface area contributed by atoms with E-state index in [1.165, 1.54) is 17.7 Å². The van der Waals surface area contributed by atoms with Crippen LogP contribution in [0.3, 0.4) is 0 Å². The molecule has 0 atom stereocenters. The second kappa shape index (κ2) is 8.76. The van der Waals surface area contributed by atoms with E-state index in [1.807, 2.05) is 19.1 Å². The molecule has 0 amide bonds. The number of ether oxygens (including phenoxy) is 1. The van der Waals surface area contributed by atoms with Crippen LogP contribution in [0.25, 0.3) is 11.3 Å².